The van der Waals surface area contributed by atoms with Gasteiger partial charge in [-0.1, -0.05) is 139 Å². The molecule has 378 valence electrons. The minimum absolute atomic E-state index is 0.0652. The van der Waals surface area contributed by atoms with E-state index in [0.29, 0.717) is 13.2 Å². The first-order chi connectivity index (χ1) is 36.1. The van der Waals surface area contributed by atoms with Gasteiger partial charge in [0.1, 0.15) is 24.7 Å². The van der Waals surface area contributed by atoms with E-state index in [4.69, 9.17) is 9.47 Å². The summed E-state index contributed by atoms with van der Waals surface area (Å²) < 4.78 is 18.3. The third kappa shape index (κ3) is 11.4. The number of halogens is 1. The molecule has 0 spiro atoms. The van der Waals surface area contributed by atoms with E-state index in [2.05, 4.69) is 273 Å². The second kappa shape index (κ2) is 24.0. The lowest BCUT2D eigenvalue weighted by Gasteiger charge is -2.20. The zero-order valence-corrected chi connectivity index (χ0v) is 46.1. The van der Waals surface area contributed by atoms with Crippen LogP contribution in [0, 0.1) is 0 Å². The number of fused-ring (bicyclic) bond motifs is 2. The maximum atomic E-state index is 6.16. The minimum atomic E-state index is -0.0652. The van der Waals surface area contributed by atoms with E-state index in [1.54, 1.807) is 0 Å². The highest BCUT2D eigenvalue weighted by molar-refractivity contribution is 9.10. The van der Waals surface area contributed by atoms with E-state index < -0.39 is 0 Å². The number of rotatable bonds is 21. The number of aromatic nitrogens is 2. The second-order valence-electron chi connectivity index (χ2n) is 19.7. The Morgan fingerprint density at radius 3 is 1.20 bits per heavy atom. The molecule has 0 unspecified atom stereocenters. The Hall–Kier alpha value is -6.90. The van der Waals surface area contributed by atoms with Crippen LogP contribution in [0.15, 0.2) is 187 Å². The van der Waals surface area contributed by atoms with Gasteiger partial charge in [-0.25, -0.2) is 0 Å². The van der Waals surface area contributed by atoms with Crippen LogP contribution < -0.4 is 9.47 Å². The Labute approximate surface area is 448 Å². The first-order valence-corrected chi connectivity index (χ1v) is 27.2. The molecule has 0 aliphatic rings. The van der Waals surface area contributed by atoms with Gasteiger partial charge in [-0.15, -0.1) is 0 Å². The van der Waals surface area contributed by atoms with Gasteiger partial charge in [-0.3, -0.25) is 0 Å². The van der Waals surface area contributed by atoms with Crippen molar-refractivity contribution in [2.75, 3.05) is 54.5 Å². The molecule has 0 atom stereocenters. The van der Waals surface area contributed by atoms with Gasteiger partial charge in [0.05, 0.1) is 0 Å². The largest absolute Gasteiger partial charge is 0.492 e. The SMILES string of the molecule is CC/C(=C(/c1ccccc1)c1ccc(OCCN(C)C)cc1)c1ccc2c(c1)c(C(c1ccc(Br)cc1)c1cn(CC)c3ccc(/C(CC)=C(\c4ccccc4)c4ccc(OCCN(C)C)cc4)cc13)cn2CC. The van der Waals surface area contributed by atoms with Crippen molar-refractivity contribution in [3.8, 4) is 11.5 Å². The molecule has 7 aromatic carbocycles. The molecule has 7 heteroatoms. The second-order valence-corrected chi connectivity index (χ2v) is 20.6. The molecule has 0 aliphatic heterocycles. The molecule has 0 radical (unpaired) electrons. The van der Waals surface area contributed by atoms with E-state index in [-0.39, 0.29) is 5.92 Å². The monoisotopic (exact) mass is 1040 g/mol. The summed E-state index contributed by atoms with van der Waals surface area (Å²) in [4.78, 5) is 4.29. The highest BCUT2D eigenvalue weighted by atomic mass is 79.9. The Bertz CT molecular complexity index is 3160. The summed E-state index contributed by atoms with van der Waals surface area (Å²) in [6.45, 7) is 13.8. The van der Waals surface area contributed by atoms with E-state index in [1.165, 1.54) is 94.2 Å². The zero-order valence-electron chi connectivity index (χ0n) is 44.5. The fourth-order valence-corrected chi connectivity index (χ4v) is 10.9. The maximum absolute atomic E-state index is 6.16. The van der Waals surface area contributed by atoms with Crippen molar-refractivity contribution in [3.63, 3.8) is 0 Å². The van der Waals surface area contributed by atoms with Crippen molar-refractivity contribution >= 4 is 60.0 Å². The van der Waals surface area contributed by atoms with Crippen LogP contribution >= 0.6 is 15.9 Å². The van der Waals surface area contributed by atoms with Crippen LogP contribution in [0.2, 0.25) is 0 Å². The average molecular weight is 1040 g/mol. The smallest absolute Gasteiger partial charge is 0.119 e. The molecule has 2 aromatic heterocycles. The number of likely N-dealkylation sites (N-methyl/N-ethyl adjacent to an activating group) is 2. The lowest BCUT2D eigenvalue weighted by Crippen LogP contribution is -2.19. The van der Waals surface area contributed by atoms with Gasteiger partial charge < -0.3 is 28.4 Å². The summed E-state index contributed by atoms with van der Waals surface area (Å²) in [6.07, 6.45) is 6.58. The van der Waals surface area contributed by atoms with Crippen LogP contribution in [0.5, 0.6) is 11.5 Å². The van der Waals surface area contributed by atoms with E-state index >= 15 is 0 Å². The molecular weight excluding hydrogens is 973 g/mol. The van der Waals surface area contributed by atoms with Gasteiger partial charge in [0, 0.05) is 70.8 Å². The molecule has 9 rings (SSSR count). The van der Waals surface area contributed by atoms with Crippen molar-refractivity contribution in [1.82, 2.24) is 18.9 Å². The van der Waals surface area contributed by atoms with Crippen LogP contribution in [-0.2, 0) is 13.1 Å². The van der Waals surface area contributed by atoms with Crippen LogP contribution in [-0.4, -0.2) is 73.4 Å². The predicted molar refractivity (Wildman–Crippen MR) is 317 cm³/mol. The van der Waals surface area contributed by atoms with Crippen molar-refractivity contribution in [1.29, 1.82) is 0 Å². The third-order valence-electron chi connectivity index (χ3n) is 14.4. The quantitative estimate of drug-likeness (QED) is 0.0672. The summed E-state index contributed by atoms with van der Waals surface area (Å²) in [5.41, 5.74) is 18.6. The molecule has 0 saturated heterocycles. The van der Waals surface area contributed by atoms with Gasteiger partial charge in [-0.05, 0) is 188 Å². The Morgan fingerprint density at radius 2 is 0.838 bits per heavy atom. The number of hydrogen-bond donors (Lipinski definition) is 0. The highest BCUT2D eigenvalue weighted by Crippen LogP contribution is 2.45. The van der Waals surface area contributed by atoms with Crippen LogP contribution in [0.3, 0.4) is 0 Å². The number of nitrogens with zero attached hydrogens (tertiary/aromatic N) is 4. The molecule has 9 aromatic rings. The molecule has 0 amide bonds. The van der Waals surface area contributed by atoms with Gasteiger partial charge in [0.15, 0.2) is 0 Å². The number of benzene rings is 7. The van der Waals surface area contributed by atoms with Crippen molar-refractivity contribution in [3.05, 3.63) is 237 Å². The van der Waals surface area contributed by atoms with Crippen LogP contribution in [0.4, 0.5) is 0 Å². The van der Waals surface area contributed by atoms with Crippen LogP contribution in [0.1, 0.15) is 96.5 Å². The Balaban J connectivity index is 1.23. The third-order valence-corrected chi connectivity index (χ3v) is 14.9. The molecule has 0 fully saturated rings. The summed E-state index contributed by atoms with van der Waals surface area (Å²) in [7, 11) is 8.29. The molecule has 0 N–H and O–H groups in total. The lowest BCUT2D eigenvalue weighted by molar-refractivity contribution is 0.261. The number of ether oxygens (including phenoxy) is 2. The van der Waals surface area contributed by atoms with Crippen molar-refractivity contribution < 1.29 is 9.47 Å². The lowest BCUT2D eigenvalue weighted by atomic mass is 9.83. The number of hydrogen-bond acceptors (Lipinski definition) is 4. The van der Waals surface area contributed by atoms with Gasteiger partial charge >= 0.3 is 0 Å². The topological polar surface area (TPSA) is 34.8 Å². The molecule has 0 saturated carbocycles. The minimum Gasteiger partial charge on any atom is -0.492 e. The Morgan fingerprint density at radius 1 is 0.459 bits per heavy atom. The standard InChI is InChI=1S/C67H71BrN4O2/c1-9-57(65(47-19-15-13-16-20-47)49-25-33-55(34-26-49)73-41-39-69(5)6)52-29-37-63-59(43-52)61(45-71(63)11-3)67(51-23-31-54(68)32-24-51)62-46-72(12-4)64-38-30-53(44-60(62)64)58(10-2)66(48-21-17-14-18-22-48)50-27-35-56(36-28-50)74-42-40-70(7)8/h13-38,43-46,67H,9-12,39-42H2,1-8H3/b65-57+,66-58+. The van der Waals surface area contributed by atoms with Gasteiger partial charge in [-0.2, -0.15) is 0 Å². The molecule has 2 heterocycles. The average Bonchev–Trinajstić information content (AvgIpc) is 3.98. The van der Waals surface area contributed by atoms with Crippen molar-refractivity contribution in [2.45, 2.75) is 59.5 Å². The zero-order chi connectivity index (χ0) is 51.7. The molecule has 6 nitrogen and oxygen atoms in total. The summed E-state index contributed by atoms with van der Waals surface area (Å²) in [6, 6.07) is 62.5. The van der Waals surface area contributed by atoms with E-state index in [1.807, 2.05) is 0 Å². The fourth-order valence-electron chi connectivity index (χ4n) is 10.6. The summed E-state index contributed by atoms with van der Waals surface area (Å²) >= 11 is 3.79. The molecular formula is C67H71BrN4O2. The summed E-state index contributed by atoms with van der Waals surface area (Å²) in [5, 5.41) is 2.53. The molecule has 0 aliphatic carbocycles. The summed E-state index contributed by atoms with van der Waals surface area (Å²) in [5.74, 6) is 1.70. The normalized spacial score (nSPS) is 12.9. The fraction of sp³-hybridized carbons (Fsp3) is 0.254. The van der Waals surface area contributed by atoms with Gasteiger partial charge in [0.2, 0.25) is 0 Å². The molecule has 0 bridgehead atoms. The highest BCUT2D eigenvalue weighted by Gasteiger charge is 2.27. The van der Waals surface area contributed by atoms with Crippen LogP contribution in [0.25, 0.3) is 44.1 Å². The first kappa shape index (κ1) is 52.0. The predicted octanol–water partition coefficient (Wildman–Crippen LogP) is 16.2. The van der Waals surface area contributed by atoms with E-state index in [9.17, 15) is 0 Å². The van der Waals surface area contributed by atoms with E-state index in [0.717, 1.165) is 55.0 Å². The number of aryl methyl sites for hydroxylation is 2. The first-order valence-electron chi connectivity index (χ1n) is 26.4. The number of allylic oxidation sites excluding steroid dienone is 2. The van der Waals surface area contributed by atoms with Crippen molar-refractivity contribution in [2.24, 2.45) is 0 Å². The maximum Gasteiger partial charge on any atom is 0.119 e. The van der Waals surface area contributed by atoms with Gasteiger partial charge in [0.25, 0.3) is 0 Å². The Kier molecular flexibility index (Phi) is 16.8. The molecule has 74 heavy (non-hydrogen) atoms.